The Hall–Kier alpha value is -1.42. The van der Waals surface area contributed by atoms with E-state index in [1.54, 1.807) is 0 Å². The van der Waals surface area contributed by atoms with Crippen LogP contribution in [0.4, 0.5) is 0 Å². The number of aliphatic hydroxyl groups is 1. The Bertz CT molecular complexity index is 485. The lowest BCUT2D eigenvalue weighted by atomic mass is 9.79. The van der Waals surface area contributed by atoms with E-state index in [-0.39, 0.29) is 41.8 Å². The molecule has 0 aromatic heterocycles. The van der Waals surface area contributed by atoms with E-state index in [2.05, 4.69) is 13.8 Å². The maximum Gasteiger partial charge on any atom is 0.336 e. The van der Waals surface area contributed by atoms with Gasteiger partial charge in [-0.2, -0.15) is 0 Å². The molecule has 110 valence electrons. The quantitative estimate of drug-likeness (QED) is 0.802. The van der Waals surface area contributed by atoms with Crippen LogP contribution >= 0.6 is 0 Å². The normalized spacial score (nSPS) is 30.2. The minimum atomic E-state index is -0.471. The van der Waals surface area contributed by atoms with Gasteiger partial charge in [-0.25, -0.2) is 4.79 Å². The van der Waals surface area contributed by atoms with Crippen molar-refractivity contribution < 1.29 is 19.4 Å². The number of carbonyl (C=O) groups is 2. The third-order valence-electron chi connectivity index (χ3n) is 4.22. The van der Waals surface area contributed by atoms with Crippen molar-refractivity contribution in [2.45, 2.75) is 33.6 Å². The van der Waals surface area contributed by atoms with Crippen LogP contribution in [0.25, 0.3) is 0 Å². The number of Topliss-reactive ketones (excluding diaryl/α,β-unsaturated/α-hetero) is 1. The van der Waals surface area contributed by atoms with E-state index in [1.807, 2.05) is 19.1 Å². The first-order chi connectivity index (χ1) is 9.39. The Labute approximate surface area is 119 Å². The van der Waals surface area contributed by atoms with Gasteiger partial charge in [-0.3, -0.25) is 4.79 Å². The van der Waals surface area contributed by atoms with E-state index < -0.39 is 5.97 Å². The summed E-state index contributed by atoms with van der Waals surface area (Å²) in [6, 6.07) is 0. The third-order valence-corrected chi connectivity index (χ3v) is 4.22. The van der Waals surface area contributed by atoms with Gasteiger partial charge in [-0.1, -0.05) is 26.0 Å². The minimum absolute atomic E-state index is 0.00359. The number of hydrogen-bond donors (Lipinski definition) is 1. The maximum absolute atomic E-state index is 12.3. The number of hydrogen-bond acceptors (Lipinski definition) is 4. The molecule has 1 N–H and O–H groups in total. The lowest BCUT2D eigenvalue weighted by molar-refractivity contribution is -0.143. The number of aliphatic hydroxyl groups excluding tert-OH is 1. The minimum Gasteiger partial charge on any atom is -0.462 e. The van der Waals surface area contributed by atoms with Gasteiger partial charge in [0.2, 0.25) is 0 Å². The fraction of sp³-hybridized carbons (Fsp3) is 0.625. The van der Waals surface area contributed by atoms with Crippen LogP contribution in [0.3, 0.4) is 0 Å². The highest BCUT2D eigenvalue weighted by molar-refractivity contribution is 5.92. The van der Waals surface area contributed by atoms with Crippen LogP contribution in [0.1, 0.15) is 33.6 Å². The highest BCUT2D eigenvalue weighted by atomic mass is 16.5. The van der Waals surface area contributed by atoms with Gasteiger partial charge in [-0.15, -0.1) is 0 Å². The fourth-order valence-electron chi connectivity index (χ4n) is 3.33. The van der Waals surface area contributed by atoms with E-state index in [4.69, 9.17) is 4.74 Å². The number of ether oxygens (including phenoxy) is 1. The summed E-state index contributed by atoms with van der Waals surface area (Å²) in [5.41, 5.74) is 1.06. The molecular formula is C16H22O4. The zero-order chi connectivity index (χ0) is 14.9. The van der Waals surface area contributed by atoms with Crippen molar-refractivity contribution in [2.75, 3.05) is 13.2 Å². The Morgan fingerprint density at radius 2 is 2.05 bits per heavy atom. The smallest absolute Gasteiger partial charge is 0.336 e. The van der Waals surface area contributed by atoms with Crippen LogP contribution < -0.4 is 0 Å². The van der Waals surface area contributed by atoms with Gasteiger partial charge in [0, 0.05) is 18.3 Å². The van der Waals surface area contributed by atoms with Crippen molar-refractivity contribution in [3.63, 3.8) is 0 Å². The van der Waals surface area contributed by atoms with Gasteiger partial charge < -0.3 is 9.84 Å². The Morgan fingerprint density at radius 1 is 1.35 bits per heavy atom. The Morgan fingerprint density at radius 3 is 2.55 bits per heavy atom. The summed E-state index contributed by atoms with van der Waals surface area (Å²) in [6.45, 7) is 5.92. The number of cyclic esters (lactones) is 1. The molecule has 1 saturated carbocycles. The van der Waals surface area contributed by atoms with Crippen molar-refractivity contribution in [1.82, 2.24) is 0 Å². The summed E-state index contributed by atoms with van der Waals surface area (Å²) < 4.78 is 5.16. The number of rotatable bonds is 3. The van der Waals surface area contributed by atoms with E-state index in [9.17, 15) is 14.7 Å². The molecule has 0 saturated heterocycles. The molecule has 1 fully saturated rings. The van der Waals surface area contributed by atoms with Gasteiger partial charge in [0.15, 0.2) is 0 Å². The van der Waals surface area contributed by atoms with Crippen molar-refractivity contribution in [3.8, 4) is 0 Å². The summed E-state index contributed by atoms with van der Waals surface area (Å²) in [5, 5.41) is 9.41. The van der Waals surface area contributed by atoms with Gasteiger partial charge in [0.1, 0.15) is 5.78 Å². The van der Waals surface area contributed by atoms with Crippen molar-refractivity contribution >= 4 is 11.8 Å². The summed E-state index contributed by atoms with van der Waals surface area (Å²) >= 11 is 0. The molecule has 1 heterocycles. The van der Waals surface area contributed by atoms with Crippen LogP contribution in [0.5, 0.6) is 0 Å². The number of ketones is 1. The molecule has 2 atom stereocenters. The lowest BCUT2D eigenvalue weighted by Gasteiger charge is -2.30. The van der Waals surface area contributed by atoms with Crippen molar-refractivity contribution in [3.05, 3.63) is 23.3 Å². The summed E-state index contributed by atoms with van der Waals surface area (Å²) in [5.74, 6) is -0.482. The molecule has 2 rings (SSSR count). The summed E-state index contributed by atoms with van der Waals surface area (Å²) in [4.78, 5) is 24.0. The second-order valence-electron chi connectivity index (χ2n) is 6.41. The fourth-order valence-corrected chi connectivity index (χ4v) is 3.33. The largest absolute Gasteiger partial charge is 0.462 e. The predicted molar refractivity (Wildman–Crippen MR) is 74.9 cm³/mol. The molecule has 0 bridgehead atoms. The van der Waals surface area contributed by atoms with Gasteiger partial charge in [0.05, 0.1) is 18.8 Å². The summed E-state index contributed by atoms with van der Waals surface area (Å²) in [7, 11) is 0. The SMILES string of the molecule is C/C=C\C1=C(CO)C(=O)OC[C@@H]1[C@H]1CC(C)(C)CC1=O. The zero-order valence-electron chi connectivity index (χ0n) is 12.3. The highest BCUT2D eigenvalue weighted by Gasteiger charge is 2.45. The molecule has 0 unspecified atom stereocenters. The lowest BCUT2D eigenvalue weighted by Crippen LogP contribution is -2.33. The van der Waals surface area contributed by atoms with Crippen LogP contribution in [-0.2, 0) is 14.3 Å². The molecule has 4 nitrogen and oxygen atoms in total. The molecular weight excluding hydrogens is 256 g/mol. The standard InChI is InChI=1S/C16H22O4/c1-4-5-10-12(8-17)15(19)20-9-13(10)11-6-16(2,3)7-14(11)18/h4-5,11,13,17H,6-9H2,1-3H3/b5-4-/t11-,13+/m1/s1. The second-order valence-corrected chi connectivity index (χ2v) is 6.41. The first-order valence-electron chi connectivity index (χ1n) is 7.06. The van der Waals surface area contributed by atoms with Crippen LogP contribution in [0, 0.1) is 17.3 Å². The van der Waals surface area contributed by atoms with Crippen LogP contribution in [0.15, 0.2) is 23.3 Å². The highest BCUT2D eigenvalue weighted by Crippen LogP contribution is 2.45. The number of allylic oxidation sites excluding steroid dienone is 2. The summed E-state index contributed by atoms with van der Waals surface area (Å²) in [6.07, 6.45) is 5.03. The molecule has 1 aliphatic carbocycles. The average molecular weight is 278 g/mol. The topological polar surface area (TPSA) is 63.6 Å². The second kappa shape index (κ2) is 5.52. The first kappa shape index (κ1) is 15.0. The molecule has 1 aliphatic heterocycles. The molecule has 0 amide bonds. The van der Waals surface area contributed by atoms with Gasteiger partial charge >= 0.3 is 5.97 Å². The van der Waals surface area contributed by atoms with Crippen molar-refractivity contribution in [1.29, 1.82) is 0 Å². The van der Waals surface area contributed by atoms with Gasteiger partial charge in [0.25, 0.3) is 0 Å². The van der Waals surface area contributed by atoms with E-state index in [0.717, 1.165) is 12.0 Å². The average Bonchev–Trinajstić information content (AvgIpc) is 2.64. The molecule has 0 spiro atoms. The predicted octanol–water partition coefficient (Wildman–Crippen LogP) is 2.03. The number of esters is 1. The van der Waals surface area contributed by atoms with E-state index >= 15 is 0 Å². The van der Waals surface area contributed by atoms with Crippen molar-refractivity contribution in [2.24, 2.45) is 17.3 Å². The molecule has 0 radical (unpaired) electrons. The molecule has 20 heavy (non-hydrogen) atoms. The first-order valence-corrected chi connectivity index (χ1v) is 7.06. The van der Waals surface area contributed by atoms with Gasteiger partial charge in [-0.05, 0) is 24.3 Å². The maximum atomic E-state index is 12.3. The molecule has 2 aliphatic rings. The Kier molecular flexibility index (Phi) is 4.14. The van der Waals surface area contributed by atoms with Crippen LogP contribution in [-0.4, -0.2) is 30.1 Å². The van der Waals surface area contributed by atoms with E-state index in [1.165, 1.54) is 0 Å². The zero-order valence-corrected chi connectivity index (χ0v) is 12.3. The Balaban J connectivity index is 2.38. The molecule has 4 heteroatoms. The van der Waals surface area contributed by atoms with Crippen LogP contribution in [0.2, 0.25) is 0 Å². The monoisotopic (exact) mass is 278 g/mol. The third kappa shape index (κ3) is 2.70. The van der Waals surface area contributed by atoms with E-state index in [0.29, 0.717) is 6.42 Å². The number of carbonyl (C=O) groups excluding carboxylic acids is 2. The molecule has 0 aromatic carbocycles. The molecule has 0 aromatic rings.